The van der Waals surface area contributed by atoms with Gasteiger partial charge in [-0.1, -0.05) is 188 Å². The van der Waals surface area contributed by atoms with Gasteiger partial charge in [0.1, 0.15) is 0 Å². The van der Waals surface area contributed by atoms with Crippen molar-refractivity contribution in [3.05, 3.63) is 231 Å². The molecule has 0 atom stereocenters. The third-order valence-corrected chi connectivity index (χ3v) is 11.6. The van der Waals surface area contributed by atoms with E-state index in [9.17, 15) is 0 Å². The SMILES string of the molecule is c1ccc(-c2ccccc2N(c2ccc3c4c(-c5cccc6ccccc56)cccc4n(-c4ccccc4)c3c2)c2ccc(-c3ccccc3)c3ccccc23)cc1. The highest BCUT2D eigenvalue weighted by atomic mass is 15.1. The molecule has 58 heavy (non-hydrogen) atoms. The first kappa shape index (κ1) is 33.6. The molecule has 0 saturated carbocycles. The number of fused-ring (bicyclic) bond motifs is 5. The zero-order valence-electron chi connectivity index (χ0n) is 31.8. The summed E-state index contributed by atoms with van der Waals surface area (Å²) >= 11 is 0. The number of para-hydroxylation sites is 2. The van der Waals surface area contributed by atoms with Crippen LogP contribution in [0.1, 0.15) is 0 Å². The molecule has 11 aromatic rings. The van der Waals surface area contributed by atoms with Gasteiger partial charge < -0.3 is 9.47 Å². The first-order chi connectivity index (χ1) is 28.8. The summed E-state index contributed by atoms with van der Waals surface area (Å²) in [4.78, 5) is 2.47. The fourth-order valence-corrected chi connectivity index (χ4v) is 9.02. The predicted molar refractivity (Wildman–Crippen MR) is 247 cm³/mol. The molecule has 0 N–H and O–H groups in total. The molecule has 0 aliphatic heterocycles. The summed E-state index contributed by atoms with van der Waals surface area (Å²) in [6.07, 6.45) is 0. The molecule has 2 nitrogen and oxygen atoms in total. The summed E-state index contributed by atoms with van der Waals surface area (Å²) in [5.74, 6) is 0. The van der Waals surface area contributed by atoms with Crippen LogP contribution in [0.5, 0.6) is 0 Å². The Kier molecular flexibility index (Phi) is 8.19. The summed E-state index contributed by atoms with van der Waals surface area (Å²) < 4.78 is 2.45. The van der Waals surface area contributed by atoms with Crippen molar-refractivity contribution in [1.29, 1.82) is 0 Å². The Labute approximate surface area is 338 Å². The highest BCUT2D eigenvalue weighted by Gasteiger charge is 2.23. The second-order valence-electron chi connectivity index (χ2n) is 14.9. The lowest BCUT2D eigenvalue weighted by Gasteiger charge is -2.29. The van der Waals surface area contributed by atoms with Crippen LogP contribution in [-0.2, 0) is 0 Å². The molecule has 1 heterocycles. The highest BCUT2D eigenvalue weighted by molar-refractivity contribution is 6.19. The van der Waals surface area contributed by atoms with Crippen LogP contribution in [-0.4, -0.2) is 4.57 Å². The average Bonchev–Trinajstić information content (AvgIpc) is 3.64. The van der Waals surface area contributed by atoms with Gasteiger partial charge in [0.15, 0.2) is 0 Å². The van der Waals surface area contributed by atoms with Crippen molar-refractivity contribution in [3.63, 3.8) is 0 Å². The Balaban J connectivity index is 1.22. The van der Waals surface area contributed by atoms with E-state index in [0.717, 1.165) is 28.3 Å². The van der Waals surface area contributed by atoms with E-state index < -0.39 is 0 Å². The van der Waals surface area contributed by atoms with Crippen LogP contribution in [0.25, 0.3) is 82.4 Å². The largest absolute Gasteiger partial charge is 0.309 e. The Hall–Kier alpha value is -7.68. The Morgan fingerprint density at radius 3 is 1.69 bits per heavy atom. The molecule has 0 aliphatic carbocycles. The van der Waals surface area contributed by atoms with Crippen molar-refractivity contribution in [2.45, 2.75) is 0 Å². The molecule has 0 unspecified atom stereocenters. The van der Waals surface area contributed by atoms with Gasteiger partial charge in [0.05, 0.1) is 22.4 Å². The molecule has 272 valence electrons. The minimum Gasteiger partial charge on any atom is -0.309 e. The van der Waals surface area contributed by atoms with Gasteiger partial charge in [-0.2, -0.15) is 0 Å². The van der Waals surface area contributed by atoms with E-state index in [4.69, 9.17) is 0 Å². The lowest BCUT2D eigenvalue weighted by Crippen LogP contribution is -2.12. The van der Waals surface area contributed by atoms with E-state index in [-0.39, 0.29) is 0 Å². The van der Waals surface area contributed by atoms with Crippen molar-refractivity contribution in [2.75, 3.05) is 4.90 Å². The van der Waals surface area contributed by atoms with Gasteiger partial charge in [-0.3, -0.25) is 0 Å². The van der Waals surface area contributed by atoms with Crippen LogP contribution in [0.3, 0.4) is 0 Å². The minimum absolute atomic E-state index is 1.08. The fraction of sp³-hybridized carbons (Fsp3) is 0. The van der Waals surface area contributed by atoms with Gasteiger partial charge in [0.2, 0.25) is 0 Å². The van der Waals surface area contributed by atoms with E-state index in [1.165, 1.54) is 71.2 Å². The normalized spacial score (nSPS) is 11.4. The third-order valence-electron chi connectivity index (χ3n) is 11.6. The number of aromatic nitrogens is 1. The summed E-state index contributed by atoms with van der Waals surface area (Å²) in [7, 11) is 0. The number of rotatable bonds is 7. The van der Waals surface area contributed by atoms with Crippen molar-refractivity contribution in [3.8, 4) is 39.1 Å². The molecule has 0 fully saturated rings. The number of hydrogen-bond acceptors (Lipinski definition) is 1. The Morgan fingerprint density at radius 1 is 0.310 bits per heavy atom. The van der Waals surface area contributed by atoms with Crippen LogP contribution < -0.4 is 4.90 Å². The maximum absolute atomic E-state index is 2.47. The second-order valence-corrected chi connectivity index (χ2v) is 14.9. The Morgan fingerprint density at radius 2 is 0.897 bits per heavy atom. The molecule has 2 heteroatoms. The summed E-state index contributed by atoms with van der Waals surface area (Å²) in [5, 5.41) is 7.36. The molecule has 0 spiro atoms. The summed E-state index contributed by atoms with van der Waals surface area (Å²) in [6.45, 7) is 0. The third kappa shape index (κ3) is 5.57. The van der Waals surface area contributed by atoms with Gasteiger partial charge in [0, 0.05) is 33.1 Å². The van der Waals surface area contributed by atoms with Crippen LogP contribution in [0, 0.1) is 0 Å². The predicted octanol–water partition coefficient (Wildman–Crippen LogP) is 15.6. The molecular weight excluding hydrogens is 701 g/mol. The van der Waals surface area contributed by atoms with Crippen LogP contribution in [0.2, 0.25) is 0 Å². The van der Waals surface area contributed by atoms with Gasteiger partial charge in [-0.05, 0) is 86.4 Å². The summed E-state index contributed by atoms with van der Waals surface area (Å²) in [6, 6.07) is 83.7. The molecule has 1 aromatic heterocycles. The van der Waals surface area contributed by atoms with Gasteiger partial charge >= 0.3 is 0 Å². The van der Waals surface area contributed by atoms with Crippen molar-refractivity contribution >= 4 is 60.4 Å². The quantitative estimate of drug-likeness (QED) is 0.158. The second kappa shape index (κ2) is 14.1. The van der Waals surface area contributed by atoms with Gasteiger partial charge in [-0.15, -0.1) is 0 Å². The smallest absolute Gasteiger partial charge is 0.0562 e. The number of hydrogen-bond donors (Lipinski definition) is 0. The molecule has 0 bridgehead atoms. The lowest BCUT2D eigenvalue weighted by molar-refractivity contribution is 1.18. The van der Waals surface area contributed by atoms with Crippen molar-refractivity contribution < 1.29 is 0 Å². The minimum atomic E-state index is 1.08. The molecule has 11 rings (SSSR count). The average molecular weight is 739 g/mol. The van der Waals surface area contributed by atoms with E-state index in [0.29, 0.717) is 0 Å². The van der Waals surface area contributed by atoms with E-state index >= 15 is 0 Å². The molecule has 10 aromatic carbocycles. The molecule has 0 saturated heterocycles. The number of benzene rings is 10. The summed E-state index contributed by atoms with van der Waals surface area (Å²) in [5.41, 5.74) is 14.0. The van der Waals surface area contributed by atoms with Gasteiger partial charge in [-0.25, -0.2) is 0 Å². The molecule has 0 radical (unpaired) electrons. The van der Waals surface area contributed by atoms with E-state index in [1.54, 1.807) is 0 Å². The van der Waals surface area contributed by atoms with Crippen molar-refractivity contribution in [1.82, 2.24) is 4.57 Å². The highest BCUT2D eigenvalue weighted by Crippen LogP contribution is 2.47. The standard InChI is InChI=1S/C56H38N2/c1-4-18-39(19-5-1)45-36-37-53(49-29-13-12-28-47(45)49)58(52-32-15-14-27-46(52)41-20-6-2-7-21-41)43-34-35-51-55(38-43)57(42-24-8-3-9-25-42)54-33-17-31-50(56(51)54)48-30-16-23-40-22-10-11-26-44(40)48/h1-38H. The molecule has 0 amide bonds. The van der Waals surface area contributed by atoms with E-state index in [2.05, 4.69) is 240 Å². The topological polar surface area (TPSA) is 8.17 Å². The Bertz CT molecular complexity index is 3270. The zero-order chi connectivity index (χ0) is 38.4. The monoisotopic (exact) mass is 738 g/mol. The lowest BCUT2D eigenvalue weighted by atomic mass is 9.94. The maximum Gasteiger partial charge on any atom is 0.0562 e. The number of nitrogens with zero attached hydrogens (tertiary/aromatic N) is 2. The van der Waals surface area contributed by atoms with Crippen LogP contribution in [0.4, 0.5) is 17.1 Å². The van der Waals surface area contributed by atoms with Crippen LogP contribution in [0.15, 0.2) is 231 Å². The molecular formula is C56H38N2. The fourth-order valence-electron chi connectivity index (χ4n) is 9.02. The first-order valence-corrected chi connectivity index (χ1v) is 19.9. The zero-order valence-corrected chi connectivity index (χ0v) is 31.8. The van der Waals surface area contributed by atoms with Crippen molar-refractivity contribution in [2.24, 2.45) is 0 Å². The molecule has 0 aliphatic rings. The van der Waals surface area contributed by atoms with Gasteiger partial charge in [0.25, 0.3) is 0 Å². The maximum atomic E-state index is 2.47. The first-order valence-electron chi connectivity index (χ1n) is 19.9. The number of anilines is 3. The van der Waals surface area contributed by atoms with Crippen LogP contribution >= 0.6 is 0 Å². The van der Waals surface area contributed by atoms with E-state index in [1.807, 2.05) is 0 Å².